The summed E-state index contributed by atoms with van der Waals surface area (Å²) in [7, 11) is 3.47. The van der Waals surface area contributed by atoms with Gasteiger partial charge in [-0.15, -0.1) is 0 Å². The molecule has 1 amide bonds. The minimum absolute atomic E-state index is 0.00639. The minimum Gasteiger partial charge on any atom is -0.363 e. The average molecular weight is 356 g/mol. The lowest BCUT2D eigenvalue weighted by molar-refractivity contribution is -0.121. The highest BCUT2D eigenvalue weighted by atomic mass is 32.2. The maximum atomic E-state index is 12.4. The van der Waals surface area contributed by atoms with E-state index >= 15 is 0 Å². The van der Waals surface area contributed by atoms with Crippen LogP contribution in [0.5, 0.6) is 0 Å². The molecule has 132 valence electrons. The van der Waals surface area contributed by atoms with Crippen molar-refractivity contribution in [1.29, 1.82) is 0 Å². The highest BCUT2D eigenvalue weighted by Gasteiger charge is 2.31. The van der Waals surface area contributed by atoms with Gasteiger partial charge >= 0.3 is 0 Å². The van der Waals surface area contributed by atoms with E-state index < -0.39 is 0 Å². The molecule has 1 fully saturated rings. The molecule has 3 rings (SSSR count). The fourth-order valence-electron chi connectivity index (χ4n) is 3.67. The number of thioether (sulfide) groups is 1. The number of allylic oxidation sites excluding steroid dienone is 1. The SMILES string of the molecule is CCN1c2ccc(/C=C3/SC(=NC)N(C)C3=O)cc2C(C)=CC1(C)C. The molecule has 0 unspecified atom stereocenters. The standard InChI is InChI=1S/C20H25N3OS/c1-7-23-16-9-8-14(10-15(16)13(2)12-20(23,3)4)11-17-18(24)22(6)19(21-5)25-17/h8-12H,7H2,1-6H3/b17-11+,21-19?. The number of hydrogen-bond donors (Lipinski definition) is 0. The molecule has 1 aromatic carbocycles. The summed E-state index contributed by atoms with van der Waals surface area (Å²) in [5.74, 6) is 0.00639. The second-order valence-electron chi connectivity index (χ2n) is 6.98. The molecule has 0 N–H and O–H groups in total. The van der Waals surface area contributed by atoms with E-state index in [4.69, 9.17) is 0 Å². The number of fused-ring (bicyclic) bond motifs is 1. The lowest BCUT2D eigenvalue weighted by atomic mass is 9.88. The summed E-state index contributed by atoms with van der Waals surface area (Å²) in [5.41, 5.74) is 4.84. The monoisotopic (exact) mass is 355 g/mol. The third-order valence-corrected chi connectivity index (χ3v) is 5.96. The van der Waals surface area contributed by atoms with Crippen LogP contribution in [0.2, 0.25) is 0 Å². The Morgan fingerprint density at radius 2 is 2.04 bits per heavy atom. The summed E-state index contributed by atoms with van der Waals surface area (Å²) in [4.78, 5) is 21.2. The molecule has 2 aliphatic heterocycles. The predicted molar refractivity (Wildman–Crippen MR) is 109 cm³/mol. The van der Waals surface area contributed by atoms with Crippen LogP contribution in [0.4, 0.5) is 5.69 Å². The zero-order valence-electron chi connectivity index (χ0n) is 15.8. The number of benzene rings is 1. The van der Waals surface area contributed by atoms with Crippen molar-refractivity contribution in [2.24, 2.45) is 4.99 Å². The first-order chi connectivity index (χ1) is 11.8. The van der Waals surface area contributed by atoms with Gasteiger partial charge in [-0.1, -0.05) is 12.1 Å². The van der Waals surface area contributed by atoms with Gasteiger partial charge in [-0.05, 0) is 68.8 Å². The Labute approximate surface area is 154 Å². The van der Waals surface area contributed by atoms with Gasteiger partial charge in [-0.3, -0.25) is 14.7 Å². The molecule has 2 heterocycles. The number of amidine groups is 1. The predicted octanol–water partition coefficient (Wildman–Crippen LogP) is 4.24. The number of carbonyl (C=O) groups is 1. The molecule has 0 spiro atoms. The van der Waals surface area contributed by atoms with E-state index in [-0.39, 0.29) is 11.4 Å². The average Bonchev–Trinajstić information content (AvgIpc) is 2.83. The summed E-state index contributed by atoms with van der Waals surface area (Å²) in [6.45, 7) is 9.79. The van der Waals surface area contributed by atoms with Gasteiger partial charge in [0, 0.05) is 31.9 Å². The summed E-state index contributed by atoms with van der Waals surface area (Å²) in [6.07, 6.45) is 4.28. The second kappa shape index (κ2) is 6.37. The third kappa shape index (κ3) is 3.01. The van der Waals surface area contributed by atoms with Crippen LogP contribution in [-0.4, -0.2) is 42.2 Å². The Bertz CT molecular complexity index is 820. The zero-order chi connectivity index (χ0) is 18.4. The number of likely N-dealkylation sites (N-methyl/N-ethyl adjacent to an activating group) is 2. The first-order valence-electron chi connectivity index (χ1n) is 8.54. The zero-order valence-corrected chi connectivity index (χ0v) is 16.6. The number of amides is 1. The Hall–Kier alpha value is -2.01. The summed E-state index contributed by atoms with van der Waals surface area (Å²) in [5, 5.41) is 0.740. The van der Waals surface area contributed by atoms with Crippen LogP contribution >= 0.6 is 11.8 Å². The Balaban J connectivity index is 2.02. The topological polar surface area (TPSA) is 35.9 Å². The van der Waals surface area contributed by atoms with E-state index in [1.54, 1.807) is 19.0 Å². The molecule has 0 radical (unpaired) electrons. The molecule has 2 aliphatic rings. The van der Waals surface area contributed by atoms with Crippen molar-refractivity contribution in [1.82, 2.24) is 4.90 Å². The maximum absolute atomic E-state index is 12.4. The molecule has 25 heavy (non-hydrogen) atoms. The summed E-state index contributed by atoms with van der Waals surface area (Å²) < 4.78 is 0. The van der Waals surface area contributed by atoms with E-state index in [1.165, 1.54) is 28.6 Å². The molecule has 0 aromatic heterocycles. The third-order valence-electron chi connectivity index (χ3n) is 4.81. The highest BCUT2D eigenvalue weighted by molar-refractivity contribution is 8.18. The first-order valence-corrected chi connectivity index (χ1v) is 9.36. The molecule has 0 atom stereocenters. The van der Waals surface area contributed by atoms with Crippen LogP contribution in [0.25, 0.3) is 11.6 Å². The normalized spacial score (nSPS) is 22.6. The Kier molecular flexibility index (Phi) is 4.54. The van der Waals surface area contributed by atoms with Crippen molar-refractivity contribution in [3.8, 4) is 0 Å². The van der Waals surface area contributed by atoms with Crippen molar-refractivity contribution in [3.05, 3.63) is 40.3 Å². The molecule has 0 aliphatic carbocycles. The number of aliphatic imine (C=N–C) groups is 1. The largest absolute Gasteiger partial charge is 0.363 e. The van der Waals surface area contributed by atoms with Crippen molar-refractivity contribution in [2.45, 2.75) is 33.2 Å². The maximum Gasteiger partial charge on any atom is 0.266 e. The van der Waals surface area contributed by atoms with E-state index in [1.807, 2.05) is 6.08 Å². The number of hydrogen-bond acceptors (Lipinski definition) is 4. The quantitative estimate of drug-likeness (QED) is 0.745. The van der Waals surface area contributed by atoms with Crippen molar-refractivity contribution < 1.29 is 4.79 Å². The summed E-state index contributed by atoms with van der Waals surface area (Å²) >= 11 is 1.43. The molecule has 1 aromatic rings. The lowest BCUT2D eigenvalue weighted by Gasteiger charge is -2.42. The van der Waals surface area contributed by atoms with Gasteiger partial charge in [0.05, 0.1) is 10.4 Å². The van der Waals surface area contributed by atoms with E-state index in [9.17, 15) is 4.79 Å². The molecule has 0 bridgehead atoms. The van der Waals surface area contributed by atoms with Gasteiger partial charge in [-0.2, -0.15) is 0 Å². The minimum atomic E-state index is 0.00639. The number of nitrogens with zero attached hydrogens (tertiary/aromatic N) is 3. The van der Waals surface area contributed by atoms with E-state index in [0.29, 0.717) is 4.91 Å². The van der Waals surface area contributed by atoms with Gasteiger partial charge in [0.1, 0.15) is 0 Å². The Morgan fingerprint density at radius 3 is 2.64 bits per heavy atom. The van der Waals surface area contributed by atoms with Crippen LogP contribution in [-0.2, 0) is 4.79 Å². The Morgan fingerprint density at radius 1 is 1.32 bits per heavy atom. The van der Waals surface area contributed by atoms with Crippen molar-refractivity contribution in [3.63, 3.8) is 0 Å². The second-order valence-corrected chi connectivity index (χ2v) is 7.99. The fraction of sp³-hybridized carbons (Fsp3) is 0.400. The molecule has 0 saturated carbocycles. The molecule has 4 nitrogen and oxygen atoms in total. The first kappa shape index (κ1) is 17.8. The smallest absolute Gasteiger partial charge is 0.266 e. The van der Waals surface area contributed by atoms with Gasteiger partial charge < -0.3 is 4.90 Å². The van der Waals surface area contributed by atoms with Crippen molar-refractivity contribution >= 4 is 40.2 Å². The van der Waals surface area contributed by atoms with Crippen LogP contribution < -0.4 is 4.90 Å². The molecule has 1 saturated heterocycles. The fourth-order valence-corrected chi connectivity index (χ4v) is 4.60. The number of carbonyl (C=O) groups excluding carboxylic acids is 1. The van der Waals surface area contributed by atoms with E-state index in [0.717, 1.165) is 17.3 Å². The highest BCUT2D eigenvalue weighted by Crippen LogP contribution is 2.40. The van der Waals surface area contributed by atoms with Crippen LogP contribution in [0.3, 0.4) is 0 Å². The summed E-state index contributed by atoms with van der Waals surface area (Å²) in [6, 6.07) is 6.45. The molecule has 5 heteroatoms. The van der Waals surface area contributed by atoms with Gasteiger partial charge in [0.25, 0.3) is 5.91 Å². The number of rotatable bonds is 2. The lowest BCUT2D eigenvalue weighted by Crippen LogP contribution is -2.44. The molecular weight excluding hydrogens is 330 g/mol. The van der Waals surface area contributed by atoms with Crippen LogP contribution in [0.1, 0.15) is 38.8 Å². The van der Waals surface area contributed by atoms with E-state index in [2.05, 4.69) is 61.9 Å². The van der Waals surface area contributed by atoms with Gasteiger partial charge in [0.15, 0.2) is 5.17 Å². The van der Waals surface area contributed by atoms with Gasteiger partial charge in [0.2, 0.25) is 0 Å². The van der Waals surface area contributed by atoms with Crippen LogP contribution in [0, 0.1) is 0 Å². The van der Waals surface area contributed by atoms with Gasteiger partial charge in [-0.25, -0.2) is 0 Å². The van der Waals surface area contributed by atoms with Crippen LogP contribution in [0.15, 0.2) is 34.2 Å². The van der Waals surface area contributed by atoms with Crippen molar-refractivity contribution in [2.75, 3.05) is 25.5 Å². The number of anilines is 1. The molecular formula is C20H25N3OS.